The van der Waals surface area contributed by atoms with Crippen LogP contribution in [0.4, 0.5) is 0 Å². The van der Waals surface area contributed by atoms with Gasteiger partial charge < -0.3 is 4.42 Å². The van der Waals surface area contributed by atoms with E-state index < -0.39 is 5.41 Å². The summed E-state index contributed by atoms with van der Waals surface area (Å²) in [4.78, 5) is 15.6. The second-order valence-corrected chi connectivity index (χ2v) is 14.7. The quantitative estimate of drug-likeness (QED) is 0.170. The van der Waals surface area contributed by atoms with Gasteiger partial charge in [0.15, 0.2) is 17.5 Å². The van der Waals surface area contributed by atoms with E-state index in [0.717, 1.165) is 55.3 Å². The molecule has 2 heterocycles. The fourth-order valence-corrected chi connectivity index (χ4v) is 8.81. The molecule has 11 rings (SSSR count). The van der Waals surface area contributed by atoms with Crippen molar-refractivity contribution in [3.8, 4) is 62.5 Å². The van der Waals surface area contributed by atoms with Crippen molar-refractivity contribution in [2.45, 2.75) is 5.41 Å². The first kappa shape index (κ1) is 33.4. The molecule has 8 aromatic carbocycles. The Morgan fingerprint density at radius 3 is 1.64 bits per heavy atom. The first-order chi connectivity index (χ1) is 28.7. The van der Waals surface area contributed by atoms with E-state index in [-0.39, 0.29) is 0 Å². The summed E-state index contributed by atoms with van der Waals surface area (Å²) in [5.74, 6) is 1.67. The van der Waals surface area contributed by atoms with E-state index in [2.05, 4.69) is 140 Å². The number of nitriles is 1. The lowest BCUT2D eigenvalue weighted by atomic mass is 9.67. The van der Waals surface area contributed by atoms with Crippen molar-refractivity contribution >= 4 is 21.9 Å². The van der Waals surface area contributed by atoms with Gasteiger partial charge in [0.1, 0.15) is 11.2 Å². The minimum Gasteiger partial charge on any atom is -0.456 e. The van der Waals surface area contributed by atoms with Crippen molar-refractivity contribution in [1.29, 1.82) is 5.26 Å². The highest BCUT2D eigenvalue weighted by Crippen LogP contribution is 2.56. The van der Waals surface area contributed by atoms with E-state index >= 15 is 0 Å². The lowest BCUT2D eigenvalue weighted by Crippen LogP contribution is -2.28. The van der Waals surface area contributed by atoms with Crippen molar-refractivity contribution in [2.24, 2.45) is 0 Å². The maximum absolute atomic E-state index is 9.39. The van der Waals surface area contributed by atoms with Crippen LogP contribution in [0.2, 0.25) is 0 Å². The van der Waals surface area contributed by atoms with Crippen molar-refractivity contribution in [1.82, 2.24) is 15.0 Å². The van der Waals surface area contributed by atoms with Gasteiger partial charge in [-0.2, -0.15) is 5.26 Å². The van der Waals surface area contributed by atoms with Gasteiger partial charge in [0, 0.05) is 27.5 Å². The third-order valence-electron chi connectivity index (χ3n) is 11.5. The average Bonchev–Trinajstić information content (AvgIpc) is 3.83. The number of benzene rings is 8. The van der Waals surface area contributed by atoms with Crippen LogP contribution in [-0.2, 0) is 5.41 Å². The Hall–Kier alpha value is -7.94. The summed E-state index contributed by atoms with van der Waals surface area (Å²) in [5.41, 5.74) is 13.5. The van der Waals surface area contributed by atoms with Gasteiger partial charge in [0.05, 0.1) is 17.0 Å². The summed E-state index contributed by atoms with van der Waals surface area (Å²) in [6.45, 7) is 0. The van der Waals surface area contributed by atoms with Crippen LogP contribution in [0.5, 0.6) is 0 Å². The van der Waals surface area contributed by atoms with E-state index in [9.17, 15) is 5.26 Å². The van der Waals surface area contributed by atoms with E-state index in [1.54, 1.807) is 0 Å². The second kappa shape index (κ2) is 13.4. The lowest BCUT2D eigenvalue weighted by Gasteiger charge is -2.34. The summed E-state index contributed by atoms with van der Waals surface area (Å²) < 4.78 is 6.32. The van der Waals surface area contributed by atoms with Gasteiger partial charge in [-0.05, 0) is 87.0 Å². The number of hydrogen-bond donors (Lipinski definition) is 0. The van der Waals surface area contributed by atoms with E-state index in [1.807, 2.05) is 60.7 Å². The molecule has 1 aliphatic rings. The summed E-state index contributed by atoms with van der Waals surface area (Å²) in [6.07, 6.45) is 0. The van der Waals surface area contributed by atoms with Gasteiger partial charge in [0.2, 0.25) is 0 Å². The molecule has 58 heavy (non-hydrogen) atoms. The number of para-hydroxylation sites is 1. The minimum absolute atomic E-state index is 0.547. The molecule has 5 nitrogen and oxygen atoms in total. The average molecular weight is 741 g/mol. The molecule has 0 amide bonds. The maximum atomic E-state index is 9.39. The fourth-order valence-electron chi connectivity index (χ4n) is 8.81. The summed E-state index contributed by atoms with van der Waals surface area (Å²) >= 11 is 0. The Morgan fingerprint density at radius 1 is 0.397 bits per heavy atom. The summed E-state index contributed by atoms with van der Waals surface area (Å²) in [6, 6.07) is 69.3. The molecule has 5 heteroatoms. The molecule has 0 fully saturated rings. The van der Waals surface area contributed by atoms with E-state index in [4.69, 9.17) is 19.4 Å². The topological polar surface area (TPSA) is 75.6 Å². The first-order valence-electron chi connectivity index (χ1n) is 19.3. The van der Waals surface area contributed by atoms with Crippen LogP contribution in [0.15, 0.2) is 199 Å². The highest BCUT2D eigenvalue weighted by Gasteiger charge is 2.46. The zero-order chi connectivity index (χ0) is 38.6. The molecule has 0 saturated heterocycles. The van der Waals surface area contributed by atoms with Crippen LogP contribution in [-0.4, -0.2) is 15.0 Å². The van der Waals surface area contributed by atoms with E-state index in [0.29, 0.717) is 23.0 Å². The highest BCUT2D eigenvalue weighted by molar-refractivity contribution is 6.05. The van der Waals surface area contributed by atoms with E-state index in [1.165, 1.54) is 27.8 Å². The third-order valence-corrected chi connectivity index (χ3v) is 11.5. The molecule has 0 unspecified atom stereocenters. The number of aromatic nitrogens is 3. The SMILES string of the molecule is N#Cc1ccc(-c2cccc(-c3nc(-c4cccc(C5(c6ccccc6)c6ccccc6-c6ccccc65)c4)nc(-c4ccc5c(c4)oc4ccccc45)n3)c2)cc1. The third kappa shape index (κ3) is 5.27. The molecule has 0 aliphatic heterocycles. The molecule has 10 aromatic rings. The molecule has 0 saturated carbocycles. The molecule has 270 valence electrons. The Balaban J connectivity index is 1.12. The molecule has 0 bridgehead atoms. The van der Waals surface area contributed by atoms with Crippen LogP contribution in [0.1, 0.15) is 27.8 Å². The Kier molecular flexibility index (Phi) is 7.70. The molecule has 0 N–H and O–H groups in total. The number of rotatable bonds is 6. The first-order valence-corrected chi connectivity index (χ1v) is 19.3. The molecular weight excluding hydrogens is 709 g/mol. The van der Waals surface area contributed by atoms with Gasteiger partial charge >= 0.3 is 0 Å². The molecule has 1 aliphatic carbocycles. The molecule has 0 radical (unpaired) electrons. The molecular formula is C53H32N4O. The predicted molar refractivity (Wildman–Crippen MR) is 231 cm³/mol. The molecule has 2 aromatic heterocycles. The maximum Gasteiger partial charge on any atom is 0.164 e. The van der Waals surface area contributed by atoms with Gasteiger partial charge in [-0.15, -0.1) is 0 Å². The zero-order valence-electron chi connectivity index (χ0n) is 31.2. The van der Waals surface area contributed by atoms with Crippen LogP contribution in [0.25, 0.3) is 78.4 Å². The van der Waals surface area contributed by atoms with Gasteiger partial charge in [-0.3, -0.25) is 0 Å². The Labute approximate surface area is 335 Å². The highest BCUT2D eigenvalue weighted by atomic mass is 16.3. The van der Waals surface area contributed by atoms with Crippen molar-refractivity contribution in [3.63, 3.8) is 0 Å². The largest absolute Gasteiger partial charge is 0.456 e. The number of nitrogens with zero attached hydrogens (tertiary/aromatic N) is 4. The van der Waals surface area contributed by atoms with Crippen LogP contribution < -0.4 is 0 Å². The van der Waals surface area contributed by atoms with Crippen LogP contribution >= 0.6 is 0 Å². The van der Waals surface area contributed by atoms with Gasteiger partial charge in [0.25, 0.3) is 0 Å². The normalized spacial score (nSPS) is 12.6. The summed E-state index contributed by atoms with van der Waals surface area (Å²) in [7, 11) is 0. The van der Waals surface area contributed by atoms with Gasteiger partial charge in [-0.25, -0.2) is 15.0 Å². The zero-order valence-corrected chi connectivity index (χ0v) is 31.2. The van der Waals surface area contributed by atoms with Crippen LogP contribution in [0, 0.1) is 11.3 Å². The predicted octanol–water partition coefficient (Wildman–Crippen LogP) is 12.7. The van der Waals surface area contributed by atoms with Crippen molar-refractivity contribution < 1.29 is 4.42 Å². The summed E-state index contributed by atoms with van der Waals surface area (Å²) in [5, 5.41) is 11.5. The van der Waals surface area contributed by atoms with Crippen LogP contribution in [0.3, 0.4) is 0 Å². The standard InChI is InChI=1S/C53H32N4O/c54-33-34-24-26-35(27-25-34)36-12-10-13-37(30-36)50-55-51(57-52(56-50)39-28-29-45-44-20-6-9-23-48(44)58-49(45)32-39)38-14-11-17-41(31-38)53(40-15-2-1-3-16-40)46-21-7-4-18-42(46)43-19-5-8-22-47(43)53/h1-32H. The lowest BCUT2D eigenvalue weighted by molar-refractivity contribution is 0.669. The van der Waals surface area contributed by atoms with Crippen molar-refractivity contribution in [3.05, 3.63) is 222 Å². The van der Waals surface area contributed by atoms with Crippen molar-refractivity contribution in [2.75, 3.05) is 0 Å². The number of furan rings is 1. The van der Waals surface area contributed by atoms with Gasteiger partial charge in [-0.1, -0.05) is 152 Å². The minimum atomic E-state index is -0.565. The monoisotopic (exact) mass is 740 g/mol. The smallest absolute Gasteiger partial charge is 0.164 e. The number of fused-ring (bicyclic) bond motifs is 6. The molecule has 0 atom stereocenters. The fraction of sp³-hybridized carbons (Fsp3) is 0.0189. The molecule has 0 spiro atoms. The Morgan fingerprint density at radius 2 is 0.931 bits per heavy atom. The Bertz CT molecular complexity index is 3200. The number of hydrogen-bond acceptors (Lipinski definition) is 5. The second-order valence-electron chi connectivity index (χ2n) is 14.7.